The van der Waals surface area contributed by atoms with Crippen molar-refractivity contribution < 1.29 is 14.3 Å². The molecular formula is C32H38N4O3. The van der Waals surface area contributed by atoms with E-state index in [4.69, 9.17) is 4.74 Å². The van der Waals surface area contributed by atoms with Gasteiger partial charge in [0.15, 0.2) is 0 Å². The van der Waals surface area contributed by atoms with Crippen LogP contribution in [0.3, 0.4) is 0 Å². The number of carbonyl (C=O) groups is 2. The average molecular weight is 527 g/mol. The second-order valence-corrected chi connectivity index (χ2v) is 9.97. The third kappa shape index (κ3) is 7.71. The lowest BCUT2D eigenvalue weighted by atomic mass is 10.1. The van der Waals surface area contributed by atoms with Gasteiger partial charge < -0.3 is 24.4 Å². The van der Waals surface area contributed by atoms with Crippen molar-refractivity contribution in [2.24, 2.45) is 0 Å². The van der Waals surface area contributed by atoms with Gasteiger partial charge in [0.25, 0.3) is 0 Å². The van der Waals surface area contributed by atoms with E-state index in [9.17, 15) is 9.59 Å². The summed E-state index contributed by atoms with van der Waals surface area (Å²) in [5.41, 5.74) is 5.53. The number of aromatic nitrogens is 1. The lowest BCUT2D eigenvalue weighted by molar-refractivity contribution is -0.143. The molecule has 0 saturated carbocycles. The minimum atomic E-state index is -0.186. The van der Waals surface area contributed by atoms with Crippen LogP contribution in [0.1, 0.15) is 16.7 Å². The van der Waals surface area contributed by atoms with Gasteiger partial charge in [-0.05, 0) is 47.7 Å². The molecule has 0 atom stereocenters. The van der Waals surface area contributed by atoms with Crippen LogP contribution >= 0.6 is 0 Å². The molecule has 0 aliphatic carbocycles. The van der Waals surface area contributed by atoms with E-state index in [0.29, 0.717) is 32.5 Å². The van der Waals surface area contributed by atoms with Gasteiger partial charge in [-0.25, -0.2) is 0 Å². The molecule has 2 amide bonds. The molecule has 0 aliphatic rings. The SMILES string of the molecule is COCC(=O)N(CCc1ccccc1)CC(=O)N(CCc1c[nH]c2ccccc12)Cc1ccc(N(C)C)cc1. The molecule has 4 aromatic rings. The molecule has 7 nitrogen and oxygen atoms in total. The largest absolute Gasteiger partial charge is 0.378 e. The zero-order chi connectivity index (χ0) is 27.6. The third-order valence-electron chi connectivity index (χ3n) is 6.96. The number of anilines is 1. The summed E-state index contributed by atoms with van der Waals surface area (Å²) < 4.78 is 5.12. The first-order valence-corrected chi connectivity index (χ1v) is 13.3. The van der Waals surface area contributed by atoms with Gasteiger partial charge in [0.2, 0.25) is 11.8 Å². The molecule has 0 saturated heterocycles. The van der Waals surface area contributed by atoms with Crippen LogP contribution in [0.2, 0.25) is 0 Å². The first-order chi connectivity index (χ1) is 18.9. The molecule has 3 aromatic carbocycles. The number of carbonyl (C=O) groups excluding carboxylic acids is 2. The number of benzene rings is 3. The van der Waals surface area contributed by atoms with Crippen molar-refractivity contribution in [3.05, 3.63) is 102 Å². The minimum absolute atomic E-state index is 0.0126. The van der Waals surface area contributed by atoms with E-state index >= 15 is 0 Å². The minimum Gasteiger partial charge on any atom is -0.378 e. The number of para-hydroxylation sites is 1. The van der Waals surface area contributed by atoms with Crippen LogP contribution < -0.4 is 4.90 Å². The summed E-state index contributed by atoms with van der Waals surface area (Å²) in [4.78, 5) is 35.5. The summed E-state index contributed by atoms with van der Waals surface area (Å²) >= 11 is 0. The Hall–Kier alpha value is -4.10. The summed E-state index contributed by atoms with van der Waals surface area (Å²) in [7, 11) is 5.51. The Balaban J connectivity index is 1.51. The van der Waals surface area contributed by atoms with E-state index in [1.165, 1.54) is 18.1 Å². The van der Waals surface area contributed by atoms with Crippen LogP contribution in [0.4, 0.5) is 5.69 Å². The van der Waals surface area contributed by atoms with Gasteiger partial charge in [0.1, 0.15) is 6.61 Å². The van der Waals surface area contributed by atoms with Crippen molar-refractivity contribution in [2.45, 2.75) is 19.4 Å². The first kappa shape index (κ1) is 27.9. The number of fused-ring (bicyclic) bond motifs is 1. The molecule has 0 fully saturated rings. The topological polar surface area (TPSA) is 68.9 Å². The van der Waals surface area contributed by atoms with Crippen molar-refractivity contribution in [3.63, 3.8) is 0 Å². The van der Waals surface area contributed by atoms with Crippen LogP contribution in [-0.2, 0) is 33.7 Å². The van der Waals surface area contributed by atoms with Crippen molar-refractivity contribution in [3.8, 4) is 0 Å². The number of hydrogen-bond acceptors (Lipinski definition) is 4. The van der Waals surface area contributed by atoms with Crippen LogP contribution in [-0.4, -0.2) is 74.0 Å². The van der Waals surface area contributed by atoms with Gasteiger partial charge in [-0.1, -0.05) is 60.7 Å². The first-order valence-electron chi connectivity index (χ1n) is 13.3. The van der Waals surface area contributed by atoms with E-state index in [-0.39, 0.29) is 25.0 Å². The summed E-state index contributed by atoms with van der Waals surface area (Å²) in [6.07, 6.45) is 3.40. The third-order valence-corrected chi connectivity index (χ3v) is 6.96. The highest BCUT2D eigenvalue weighted by molar-refractivity contribution is 5.86. The number of methoxy groups -OCH3 is 1. The van der Waals surface area contributed by atoms with Gasteiger partial charge in [0.05, 0.1) is 6.54 Å². The maximum absolute atomic E-state index is 13.8. The van der Waals surface area contributed by atoms with Crippen molar-refractivity contribution in [1.82, 2.24) is 14.8 Å². The summed E-state index contributed by atoms with van der Waals surface area (Å²) in [6, 6.07) is 26.4. The average Bonchev–Trinajstić information content (AvgIpc) is 3.37. The lowest BCUT2D eigenvalue weighted by Crippen LogP contribution is -2.45. The Labute approximate surface area is 231 Å². The van der Waals surface area contributed by atoms with Gasteiger partial charge >= 0.3 is 0 Å². The van der Waals surface area contributed by atoms with E-state index in [1.54, 1.807) is 4.90 Å². The molecule has 0 radical (unpaired) electrons. The summed E-state index contributed by atoms with van der Waals surface area (Å²) in [5, 5.41) is 1.17. The normalized spacial score (nSPS) is 10.9. The highest BCUT2D eigenvalue weighted by atomic mass is 16.5. The summed E-state index contributed by atoms with van der Waals surface area (Å²) in [6.45, 7) is 1.43. The molecule has 204 valence electrons. The predicted molar refractivity (Wildman–Crippen MR) is 157 cm³/mol. The van der Waals surface area contributed by atoms with Crippen LogP contribution in [0, 0.1) is 0 Å². The molecule has 39 heavy (non-hydrogen) atoms. The number of ether oxygens (including phenoxy) is 1. The number of hydrogen-bond donors (Lipinski definition) is 1. The maximum Gasteiger partial charge on any atom is 0.249 e. The molecule has 1 aromatic heterocycles. The van der Waals surface area contributed by atoms with Crippen LogP contribution in [0.15, 0.2) is 85.1 Å². The Bertz CT molecular complexity index is 1350. The molecule has 0 unspecified atom stereocenters. The maximum atomic E-state index is 13.8. The molecule has 1 N–H and O–H groups in total. The fourth-order valence-electron chi connectivity index (χ4n) is 4.68. The van der Waals surface area contributed by atoms with Crippen molar-refractivity contribution >= 4 is 28.4 Å². The number of nitrogens with zero attached hydrogens (tertiary/aromatic N) is 3. The Morgan fingerprint density at radius 1 is 0.769 bits per heavy atom. The predicted octanol–water partition coefficient (Wildman–Crippen LogP) is 4.52. The second-order valence-electron chi connectivity index (χ2n) is 9.97. The zero-order valence-electron chi connectivity index (χ0n) is 23.1. The second kappa shape index (κ2) is 13.6. The molecule has 0 bridgehead atoms. The van der Waals surface area contributed by atoms with Gasteiger partial charge in [0, 0.05) is 63.6 Å². The van der Waals surface area contributed by atoms with Crippen LogP contribution in [0.25, 0.3) is 10.9 Å². The number of amides is 2. The molecule has 0 spiro atoms. The van der Waals surface area contributed by atoms with Gasteiger partial charge in [-0.2, -0.15) is 0 Å². The number of rotatable bonds is 13. The summed E-state index contributed by atoms with van der Waals surface area (Å²) in [5.74, 6) is -0.266. The molecule has 4 rings (SSSR count). The van der Waals surface area contributed by atoms with Crippen molar-refractivity contribution in [1.29, 1.82) is 0 Å². The fraction of sp³-hybridized carbons (Fsp3) is 0.312. The Kier molecular flexibility index (Phi) is 9.75. The fourth-order valence-corrected chi connectivity index (χ4v) is 4.68. The number of H-pyrrole nitrogens is 1. The van der Waals surface area contributed by atoms with Gasteiger partial charge in [-0.3, -0.25) is 9.59 Å². The number of aromatic amines is 1. The Morgan fingerprint density at radius 2 is 1.46 bits per heavy atom. The van der Waals surface area contributed by atoms with E-state index in [0.717, 1.165) is 22.3 Å². The molecular weight excluding hydrogens is 488 g/mol. The van der Waals surface area contributed by atoms with E-state index in [2.05, 4.69) is 46.3 Å². The smallest absolute Gasteiger partial charge is 0.249 e. The molecule has 0 aliphatic heterocycles. The standard InChI is InChI=1S/C32H38N4O3/c1-34(2)28-15-13-26(14-16-28)22-35(20-18-27-21-33-30-12-8-7-11-29(27)30)31(37)23-36(32(38)24-39-3)19-17-25-9-5-4-6-10-25/h4-16,21,33H,17-20,22-24H2,1-3H3. The van der Waals surface area contributed by atoms with Crippen molar-refractivity contribution in [2.75, 3.05) is 52.3 Å². The van der Waals surface area contributed by atoms with Crippen LogP contribution in [0.5, 0.6) is 0 Å². The van der Waals surface area contributed by atoms with E-state index < -0.39 is 0 Å². The molecule has 1 heterocycles. The van der Waals surface area contributed by atoms with E-state index in [1.807, 2.05) is 67.7 Å². The quantitative estimate of drug-likeness (QED) is 0.278. The zero-order valence-corrected chi connectivity index (χ0v) is 23.1. The van der Waals surface area contributed by atoms with Gasteiger partial charge in [-0.15, -0.1) is 0 Å². The lowest BCUT2D eigenvalue weighted by Gasteiger charge is -2.28. The Morgan fingerprint density at radius 3 is 2.18 bits per heavy atom. The number of nitrogens with one attached hydrogen (secondary N) is 1. The highest BCUT2D eigenvalue weighted by Crippen LogP contribution is 2.20. The monoisotopic (exact) mass is 526 g/mol. The highest BCUT2D eigenvalue weighted by Gasteiger charge is 2.22. The molecule has 7 heteroatoms.